The molecule has 8 nitrogen and oxygen atoms in total. The zero-order valence-electron chi connectivity index (χ0n) is 14.0. The van der Waals surface area contributed by atoms with Crippen molar-refractivity contribution in [3.8, 4) is 0 Å². The number of rotatable bonds is 4. The van der Waals surface area contributed by atoms with Gasteiger partial charge in [-0.25, -0.2) is 13.4 Å². The quantitative estimate of drug-likeness (QED) is 0.632. The normalized spacial score (nSPS) is 14.2. The first-order chi connectivity index (χ1) is 12.4. The Kier molecular flexibility index (Phi) is 4.16. The second-order valence-corrected chi connectivity index (χ2v) is 9.05. The average Bonchev–Trinajstić information content (AvgIpc) is 3.15. The monoisotopic (exact) mass is 391 g/mol. The zero-order chi connectivity index (χ0) is 18.3. The third-order valence-electron chi connectivity index (χ3n) is 4.19. The molecule has 1 amide bonds. The molecule has 1 aromatic carbocycles. The minimum absolute atomic E-state index is 0.247. The number of thiazole rings is 1. The number of H-pyrrole nitrogens is 1. The maximum Gasteiger partial charge on any atom is 0.276 e. The van der Waals surface area contributed by atoms with Crippen molar-refractivity contribution in [3.05, 3.63) is 35.2 Å². The van der Waals surface area contributed by atoms with E-state index in [9.17, 15) is 13.2 Å². The lowest BCUT2D eigenvalue weighted by atomic mass is 9.96. The third kappa shape index (κ3) is 3.42. The van der Waals surface area contributed by atoms with E-state index in [1.165, 1.54) is 11.3 Å². The van der Waals surface area contributed by atoms with Crippen LogP contribution >= 0.6 is 11.3 Å². The molecule has 0 fully saturated rings. The van der Waals surface area contributed by atoms with Crippen LogP contribution < -0.4 is 10.0 Å². The molecule has 2 aromatic heterocycles. The van der Waals surface area contributed by atoms with Crippen LogP contribution in [0.4, 0.5) is 10.8 Å². The Morgan fingerprint density at radius 1 is 1.27 bits per heavy atom. The number of hydrogen-bond donors (Lipinski definition) is 3. The number of anilines is 2. The lowest BCUT2D eigenvalue weighted by Crippen LogP contribution is -2.15. The molecule has 4 rings (SSSR count). The summed E-state index contributed by atoms with van der Waals surface area (Å²) in [6.45, 7) is 0. The molecule has 0 bridgehead atoms. The van der Waals surface area contributed by atoms with E-state index in [1.807, 2.05) is 0 Å². The molecule has 0 radical (unpaired) electrons. The van der Waals surface area contributed by atoms with Crippen LogP contribution in [0.25, 0.3) is 10.2 Å². The van der Waals surface area contributed by atoms with E-state index in [2.05, 4.69) is 25.2 Å². The summed E-state index contributed by atoms with van der Waals surface area (Å²) in [4.78, 5) is 16.8. The van der Waals surface area contributed by atoms with E-state index in [1.54, 1.807) is 18.2 Å². The van der Waals surface area contributed by atoms with Crippen LogP contribution in [0, 0.1) is 0 Å². The van der Waals surface area contributed by atoms with E-state index in [0.717, 1.165) is 47.9 Å². The molecule has 0 atom stereocenters. The highest BCUT2D eigenvalue weighted by atomic mass is 32.2. The molecule has 0 spiro atoms. The smallest absolute Gasteiger partial charge is 0.276 e. The fraction of sp³-hybridized carbons (Fsp3) is 0.312. The molecule has 0 saturated heterocycles. The van der Waals surface area contributed by atoms with Gasteiger partial charge >= 0.3 is 0 Å². The summed E-state index contributed by atoms with van der Waals surface area (Å²) in [6.07, 6.45) is 5.05. The molecule has 10 heteroatoms. The second kappa shape index (κ2) is 6.36. The SMILES string of the molecule is CS(=O)(=O)Nc1nc2ccc(NC(=O)c3n[nH]c4c3CCCC4)cc2s1. The molecule has 0 saturated carbocycles. The number of carbonyl (C=O) groups is 1. The number of aromatic amines is 1. The first-order valence-corrected chi connectivity index (χ1v) is 10.9. The van der Waals surface area contributed by atoms with E-state index < -0.39 is 10.0 Å². The van der Waals surface area contributed by atoms with E-state index in [-0.39, 0.29) is 5.91 Å². The van der Waals surface area contributed by atoms with Gasteiger partial charge in [-0.3, -0.25) is 14.6 Å². The lowest BCUT2D eigenvalue weighted by Gasteiger charge is -2.11. The fourth-order valence-electron chi connectivity index (χ4n) is 3.06. The highest BCUT2D eigenvalue weighted by molar-refractivity contribution is 7.92. The highest BCUT2D eigenvalue weighted by Gasteiger charge is 2.21. The molecule has 1 aliphatic rings. The number of sulfonamides is 1. The van der Waals surface area contributed by atoms with Crippen molar-refractivity contribution in [3.63, 3.8) is 0 Å². The number of benzene rings is 1. The predicted octanol–water partition coefficient (Wildman–Crippen LogP) is 2.52. The molecule has 1 aliphatic carbocycles. The molecule has 0 unspecified atom stereocenters. The van der Waals surface area contributed by atoms with E-state index in [4.69, 9.17) is 0 Å². The number of aromatic nitrogens is 3. The van der Waals surface area contributed by atoms with Gasteiger partial charge in [0.15, 0.2) is 10.8 Å². The summed E-state index contributed by atoms with van der Waals surface area (Å²) in [5, 5.41) is 10.3. The van der Waals surface area contributed by atoms with Gasteiger partial charge in [-0.2, -0.15) is 5.10 Å². The molecular weight excluding hydrogens is 374 g/mol. The standard InChI is InChI=1S/C16H17N5O3S2/c1-26(23,24)21-16-18-12-7-6-9(8-13(12)25-16)17-15(22)14-10-4-2-3-5-11(10)19-20-14/h6-8H,2-5H2,1H3,(H,17,22)(H,18,21)(H,19,20). The summed E-state index contributed by atoms with van der Waals surface area (Å²) in [5.41, 5.74) is 3.78. The van der Waals surface area contributed by atoms with E-state index >= 15 is 0 Å². The molecule has 26 heavy (non-hydrogen) atoms. The second-order valence-electron chi connectivity index (χ2n) is 6.27. The van der Waals surface area contributed by atoms with Crippen molar-refractivity contribution in [1.29, 1.82) is 0 Å². The Morgan fingerprint density at radius 2 is 2.08 bits per heavy atom. The summed E-state index contributed by atoms with van der Waals surface area (Å²) in [7, 11) is -3.38. The van der Waals surface area contributed by atoms with Crippen LogP contribution in [0.1, 0.15) is 34.6 Å². The summed E-state index contributed by atoms with van der Waals surface area (Å²) >= 11 is 1.21. The number of nitrogens with zero attached hydrogens (tertiary/aromatic N) is 2. The molecule has 0 aliphatic heterocycles. The van der Waals surface area contributed by atoms with Crippen LogP contribution in [-0.4, -0.2) is 35.8 Å². The van der Waals surface area contributed by atoms with Crippen molar-refractivity contribution >= 4 is 48.3 Å². The van der Waals surface area contributed by atoms with E-state index in [0.29, 0.717) is 22.0 Å². The fourth-order valence-corrected chi connectivity index (χ4v) is 4.80. The van der Waals surface area contributed by atoms with Crippen molar-refractivity contribution in [2.45, 2.75) is 25.7 Å². The van der Waals surface area contributed by atoms with Gasteiger partial charge in [0.25, 0.3) is 5.91 Å². The van der Waals surface area contributed by atoms with Gasteiger partial charge in [0.2, 0.25) is 10.0 Å². The first kappa shape index (κ1) is 17.0. The van der Waals surface area contributed by atoms with Crippen molar-refractivity contribution in [1.82, 2.24) is 15.2 Å². The maximum atomic E-state index is 12.6. The van der Waals surface area contributed by atoms with Crippen LogP contribution in [0.5, 0.6) is 0 Å². The number of hydrogen-bond acceptors (Lipinski definition) is 6. The Balaban J connectivity index is 1.57. The van der Waals surface area contributed by atoms with Crippen LogP contribution in [0.3, 0.4) is 0 Å². The lowest BCUT2D eigenvalue weighted by molar-refractivity contribution is 0.102. The van der Waals surface area contributed by atoms with Crippen LogP contribution in [-0.2, 0) is 22.9 Å². The Morgan fingerprint density at radius 3 is 2.88 bits per heavy atom. The number of carbonyl (C=O) groups excluding carboxylic acids is 1. The van der Waals surface area contributed by atoms with Gasteiger partial charge in [-0.15, -0.1) is 0 Å². The van der Waals surface area contributed by atoms with Crippen molar-refractivity contribution in [2.24, 2.45) is 0 Å². The number of amides is 1. The number of nitrogens with one attached hydrogen (secondary N) is 3. The zero-order valence-corrected chi connectivity index (χ0v) is 15.6. The maximum absolute atomic E-state index is 12.6. The minimum Gasteiger partial charge on any atom is -0.321 e. The summed E-state index contributed by atoms with van der Waals surface area (Å²) in [5.74, 6) is -0.247. The first-order valence-electron chi connectivity index (χ1n) is 8.15. The van der Waals surface area contributed by atoms with Crippen molar-refractivity contribution in [2.75, 3.05) is 16.3 Å². The number of fused-ring (bicyclic) bond motifs is 2. The van der Waals surface area contributed by atoms with Crippen molar-refractivity contribution < 1.29 is 13.2 Å². The largest absolute Gasteiger partial charge is 0.321 e. The third-order valence-corrected chi connectivity index (χ3v) is 5.82. The van der Waals surface area contributed by atoms with Gasteiger partial charge in [-0.05, 0) is 43.9 Å². The highest BCUT2D eigenvalue weighted by Crippen LogP contribution is 2.29. The van der Waals surface area contributed by atoms with Crippen LogP contribution in [0.15, 0.2) is 18.2 Å². The molecular formula is C16H17N5O3S2. The van der Waals surface area contributed by atoms with Gasteiger partial charge in [0, 0.05) is 16.9 Å². The predicted molar refractivity (Wildman–Crippen MR) is 101 cm³/mol. The van der Waals surface area contributed by atoms with Gasteiger partial charge in [0.1, 0.15) is 0 Å². The van der Waals surface area contributed by atoms with Gasteiger partial charge in [0.05, 0.1) is 16.5 Å². The molecule has 3 aromatic rings. The summed E-state index contributed by atoms with van der Waals surface area (Å²) < 4.78 is 25.8. The topological polar surface area (TPSA) is 117 Å². The molecule has 136 valence electrons. The number of aryl methyl sites for hydroxylation is 1. The van der Waals surface area contributed by atoms with Crippen LogP contribution in [0.2, 0.25) is 0 Å². The Hall–Kier alpha value is -2.46. The Bertz CT molecular complexity index is 1100. The average molecular weight is 391 g/mol. The van der Waals surface area contributed by atoms with Gasteiger partial charge in [-0.1, -0.05) is 11.3 Å². The molecule has 3 N–H and O–H groups in total. The minimum atomic E-state index is -3.38. The Labute approximate surface area is 154 Å². The van der Waals surface area contributed by atoms with Gasteiger partial charge < -0.3 is 5.32 Å². The summed E-state index contributed by atoms with van der Waals surface area (Å²) in [6, 6.07) is 5.26. The molecule has 2 heterocycles.